The maximum absolute atomic E-state index is 13.1. The summed E-state index contributed by atoms with van der Waals surface area (Å²) < 4.78 is 11.1. The van der Waals surface area contributed by atoms with E-state index in [1.54, 1.807) is 0 Å². The summed E-state index contributed by atoms with van der Waals surface area (Å²) in [5, 5.41) is 4.27. The molecule has 2 atom stereocenters. The minimum atomic E-state index is 0.111. The number of fused-ring (bicyclic) bond motifs is 1. The molecule has 2 saturated heterocycles. The number of ether oxygens (including phenoxy) is 2. The highest BCUT2D eigenvalue weighted by molar-refractivity contribution is 6.30. The smallest absolute Gasteiger partial charge is 0.320 e. The molecule has 3 heterocycles. The first-order valence-electron chi connectivity index (χ1n) is 9.39. The monoisotopic (exact) mass is 379 g/mol. The molecule has 3 aliphatic heterocycles. The van der Waals surface area contributed by atoms with Crippen molar-refractivity contribution in [2.75, 3.05) is 46.1 Å². The zero-order valence-corrected chi connectivity index (χ0v) is 15.9. The molecule has 1 aromatic rings. The van der Waals surface area contributed by atoms with Crippen LogP contribution >= 0.6 is 11.6 Å². The molecule has 2 amide bonds. The third kappa shape index (κ3) is 3.56. The van der Waals surface area contributed by atoms with Crippen LogP contribution in [0.4, 0.5) is 4.79 Å². The number of halogens is 1. The van der Waals surface area contributed by atoms with Gasteiger partial charge in [-0.15, -0.1) is 0 Å². The van der Waals surface area contributed by atoms with E-state index < -0.39 is 0 Å². The molecule has 0 radical (unpaired) electrons. The highest BCUT2D eigenvalue weighted by Gasteiger charge is 2.32. The Morgan fingerprint density at radius 3 is 2.85 bits per heavy atom. The van der Waals surface area contributed by atoms with Crippen LogP contribution in [0.5, 0.6) is 0 Å². The minimum Gasteiger partial charge on any atom is -0.378 e. The lowest BCUT2D eigenvalue weighted by molar-refractivity contribution is 0.00929. The van der Waals surface area contributed by atoms with E-state index in [1.165, 1.54) is 16.7 Å². The number of urea groups is 1. The molecule has 0 spiro atoms. The Labute approximate surface area is 159 Å². The van der Waals surface area contributed by atoms with E-state index in [4.69, 9.17) is 21.1 Å². The minimum absolute atomic E-state index is 0.111. The fourth-order valence-corrected chi connectivity index (χ4v) is 4.34. The molecule has 6 nitrogen and oxygen atoms in total. The SMILES string of the molecule is C[C@@H]1COCCN1C(=O)N1CCc2cc(Cl)cc([C@@H]3COCCN3)c2C1. The second-order valence-electron chi connectivity index (χ2n) is 7.29. The maximum atomic E-state index is 13.1. The van der Waals surface area contributed by atoms with Gasteiger partial charge in [-0.1, -0.05) is 11.6 Å². The van der Waals surface area contributed by atoms with Gasteiger partial charge in [0.1, 0.15) is 0 Å². The lowest BCUT2D eigenvalue weighted by Crippen LogP contribution is -2.53. The van der Waals surface area contributed by atoms with Crippen LogP contribution in [0, 0.1) is 0 Å². The fraction of sp³-hybridized carbons (Fsp3) is 0.632. The molecule has 142 valence electrons. The van der Waals surface area contributed by atoms with Crippen LogP contribution in [-0.4, -0.2) is 67.9 Å². The lowest BCUT2D eigenvalue weighted by atomic mass is 9.91. The van der Waals surface area contributed by atoms with Crippen LogP contribution in [0.2, 0.25) is 5.02 Å². The van der Waals surface area contributed by atoms with Crippen LogP contribution in [0.25, 0.3) is 0 Å². The van der Waals surface area contributed by atoms with Crippen LogP contribution in [0.15, 0.2) is 12.1 Å². The van der Waals surface area contributed by atoms with Gasteiger partial charge in [0.15, 0.2) is 0 Å². The first kappa shape index (κ1) is 18.0. The number of amides is 2. The molecule has 1 N–H and O–H groups in total. The maximum Gasteiger partial charge on any atom is 0.320 e. The number of hydrogen-bond acceptors (Lipinski definition) is 4. The van der Waals surface area contributed by atoms with E-state index in [-0.39, 0.29) is 18.1 Å². The van der Waals surface area contributed by atoms with Crippen molar-refractivity contribution in [1.29, 1.82) is 0 Å². The number of nitrogens with zero attached hydrogens (tertiary/aromatic N) is 2. The Bertz CT molecular complexity index is 678. The van der Waals surface area contributed by atoms with Gasteiger partial charge in [-0.05, 0) is 42.2 Å². The molecule has 0 unspecified atom stereocenters. The Morgan fingerprint density at radius 1 is 1.23 bits per heavy atom. The Hall–Kier alpha value is -1.34. The van der Waals surface area contributed by atoms with E-state index in [0.29, 0.717) is 32.9 Å². The van der Waals surface area contributed by atoms with Gasteiger partial charge in [0, 0.05) is 31.2 Å². The normalized spacial score (nSPS) is 26.5. The van der Waals surface area contributed by atoms with Crippen LogP contribution in [-0.2, 0) is 22.4 Å². The summed E-state index contributed by atoms with van der Waals surface area (Å²) in [6, 6.07) is 4.44. The highest BCUT2D eigenvalue weighted by atomic mass is 35.5. The van der Waals surface area contributed by atoms with E-state index in [2.05, 4.69) is 5.32 Å². The second-order valence-corrected chi connectivity index (χ2v) is 7.72. The molecule has 0 bridgehead atoms. The van der Waals surface area contributed by atoms with Crippen LogP contribution < -0.4 is 5.32 Å². The number of carbonyl (C=O) groups is 1. The molecule has 0 aliphatic carbocycles. The molecule has 3 aliphatic rings. The molecule has 4 rings (SSSR count). The van der Waals surface area contributed by atoms with Gasteiger partial charge in [-0.2, -0.15) is 0 Å². The average molecular weight is 380 g/mol. The Kier molecular flexibility index (Phi) is 5.36. The van der Waals surface area contributed by atoms with Gasteiger partial charge in [0.05, 0.1) is 38.5 Å². The predicted octanol–water partition coefficient (Wildman–Crippen LogP) is 2.20. The molecule has 1 aromatic carbocycles. The van der Waals surface area contributed by atoms with E-state index >= 15 is 0 Å². The van der Waals surface area contributed by atoms with E-state index in [1.807, 2.05) is 28.9 Å². The summed E-state index contributed by atoms with van der Waals surface area (Å²) >= 11 is 6.37. The number of hydrogen-bond donors (Lipinski definition) is 1. The molecular formula is C19H26ClN3O3. The molecule has 2 fully saturated rings. The molecule has 7 heteroatoms. The van der Waals surface area contributed by atoms with Gasteiger partial charge in [-0.3, -0.25) is 0 Å². The van der Waals surface area contributed by atoms with Crippen molar-refractivity contribution >= 4 is 17.6 Å². The average Bonchev–Trinajstić information content (AvgIpc) is 2.67. The molecule has 26 heavy (non-hydrogen) atoms. The first-order valence-corrected chi connectivity index (χ1v) is 9.77. The third-order valence-electron chi connectivity index (χ3n) is 5.52. The van der Waals surface area contributed by atoms with Crippen molar-refractivity contribution in [1.82, 2.24) is 15.1 Å². The van der Waals surface area contributed by atoms with Crippen molar-refractivity contribution < 1.29 is 14.3 Å². The summed E-state index contributed by atoms with van der Waals surface area (Å²) in [6.45, 7) is 7.50. The summed E-state index contributed by atoms with van der Waals surface area (Å²) in [5.74, 6) is 0. The number of carbonyl (C=O) groups excluding carboxylic acids is 1. The summed E-state index contributed by atoms with van der Waals surface area (Å²) in [7, 11) is 0. The van der Waals surface area contributed by atoms with Crippen LogP contribution in [0.3, 0.4) is 0 Å². The van der Waals surface area contributed by atoms with Gasteiger partial charge in [0.25, 0.3) is 0 Å². The lowest BCUT2D eigenvalue weighted by Gasteiger charge is -2.40. The van der Waals surface area contributed by atoms with Crippen molar-refractivity contribution in [2.24, 2.45) is 0 Å². The zero-order chi connectivity index (χ0) is 18.1. The third-order valence-corrected chi connectivity index (χ3v) is 5.74. The second kappa shape index (κ2) is 7.72. The van der Waals surface area contributed by atoms with Crippen molar-refractivity contribution in [3.8, 4) is 0 Å². The van der Waals surface area contributed by atoms with Gasteiger partial charge >= 0.3 is 6.03 Å². The summed E-state index contributed by atoms with van der Waals surface area (Å²) in [5.41, 5.74) is 3.64. The molecular weight excluding hydrogens is 354 g/mol. The number of rotatable bonds is 1. The van der Waals surface area contributed by atoms with Crippen molar-refractivity contribution in [3.05, 3.63) is 33.8 Å². The topological polar surface area (TPSA) is 54.0 Å². The highest BCUT2D eigenvalue weighted by Crippen LogP contribution is 2.32. The number of benzene rings is 1. The van der Waals surface area contributed by atoms with E-state index in [9.17, 15) is 4.79 Å². The number of morpholine rings is 2. The zero-order valence-electron chi connectivity index (χ0n) is 15.2. The van der Waals surface area contributed by atoms with Crippen molar-refractivity contribution in [3.63, 3.8) is 0 Å². The summed E-state index contributed by atoms with van der Waals surface area (Å²) in [6.07, 6.45) is 0.834. The van der Waals surface area contributed by atoms with E-state index in [0.717, 1.165) is 31.1 Å². The first-order chi connectivity index (χ1) is 12.6. The fourth-order valence-electron chi connectivity index (χ4n) is 4.09. The predicted molar refractivity (Wildman–Crippen MR) is 99.5 cm³/mol. The Balaban J connectivity index is 1.58. The molecule has 0 saturated carbocycles. The summed E-state index contributed by atoms with van der Waals surface area (Å²) in [4.78, 5) is 17.0. The van der Waals surface area contributed by atoms with Crippen molar-refractivity contribution in [2.45, 2.75) is 32.0 Å². The van der Waals surface area contributed by atoms with Gasteiger partial charge < -0.3 is 24.6 Å². The quantitative estimate of drug-likeness (QED) is 0.812. The standard InChI is InChI=1S/C19H26ClN3O3/c1-13-11-26-7-5-23(13)19(24)22-4-2-14-8-15(20)9-16(17(14)10-22)18-12-25-6-3-21-18/h8-9,13,18,21H,2-7,10-12H2,1H3/t13-,18+/m1/s1. The Morgan fingerprint density at radius 2 is 2.08 bits per heavy atom. The number of nitrogens with one attached hydrogen (secondary N) is 1. The van der Waals surface area contributed by atoms with Crippen LogP contribution in [0.1, 0.15) is 29.7 Å². The van der Waals surface area contributed by atoms with Gasteiger partial charge in [0.2, 0.25) is 0 Å². The largest absolute Gasteiger partial charge is 0.378 e. The molecule has 0 aromatic heterocycles. The van der Waals surface area contributed by atoms with Gasteiger partial charge in [-0.25, -0.2) is 4.79 Å².